The van der Waals surface area contributed by atoms with Gasteiger partial charge in [-0.15, -0.1) is 5.10 Å². The fourth-order valence-electron chi connectivity index (χ4n) is 1.19. The minimum absolute atomic E-state index is 0.0149. The lowest BCUT2D eigenvalue weighted by atomic mass is 10.7. The van der Waals surface area contributed by atoms with Crippen molar-refractivity contribution in [3.63, 3.8) is 0 Å². The van der Waals surface area contributed by atoms with E-state index in [1.807, 2.05) is 0 Å². The van der Waals surface area contributed by atoms with Gasteiger partial charge < -0.3 is 9.05 Å². The molecule has 0 aliphatic heterocycles. The van der Waals surface area contributed by atoms with Crippen LogP contribution in [0.5, 0.6) is 5.88 Å². The van der Waals surface area contributed by atoms with E-state index in [1.54, 1.807) is 6.66 Å². The molecular formula is C8H14ClN2O4PS2. The van der Waals surface area contributed by atoms with Gasteiger partial charge in [0.2, 0.25) is 6.49 Å². The van der Waals surface area contributed by atoms with Gasteiger partial charge in [-0.25, -0.2) is 8.42 Å². The van der Waals surface area contributed by atoms with Crippen molar-refractivity contribution < 1.29 is 17.5 Å². The summed E-state index contributed by atoms with van der Waals surface area (Å²) in [6.45, 7) is 0.614. The van der Waals surface area contributed by atoms with Crippen LogP contribution < -0.4 is 4.52 Å². The number of aryl methyl sites for hydroxylation is 1. The van der Waals surface area contributed by atoms with Crippen LogP contribution in [0.3, 0.4) is 0 Å². The maximum absolute atomic E-state index is 11.8. The van der Waals surface area contributed by atoms with Crippen LogP contribution in [0, 0.1) is 0 Å². The molecule has 0 N–H and O–H groups in total. The number of hydrogen-bond donors (Lipinski definition) is 0. The topological polar surface area (TPSA) is 70.4 Å². The Bertz CT molecular complexity index is 598. The van der Waals surface area contributed by atoms with Gasteiger partial charge in [0.1, 0.15) is 5.02 Å². The summed E-state index contributed by atoms with van der Waals surface area (Å²) in [5, 5.41) is 3.78. The lowest BCUT2D eigenvalue weighted by Crippen LogP contribution is -2.10. The highest BCUT2D eigenvalue weighted by atomic mass is 35.5. The third-order valence-corrected chi connectivity index (χ3v) is 6.28. The second kappa shape index (κ2) is 5.46. The minimum atomic E-state index is -3.47. The average molecular weight is 333 g/mol. The number of rotatable bonds is 5. The molecule has 10 heteroatoms. The summed E-state index contributed by atoms with van der Waals surface area (Å²) in [5.41, 5.74) is 0. The molecule has 0 fully saturated rings. The Morgan fingerprint density at radius 3 is 2.56 bits per heavy atom. The molecule has 0 aliphatic carbocycles. The molecule has 6 nitrogen and oxygen atoms in total. The van der Waals surface area contributed by atoms with Crippen molar-refractivity contribution in [1.82, 2.24) is 9.78 Å². The molecule has 1 rings (SSSR count). The van der Waals surface area contributed by atoms with Gasteiger partial charge in [0.05, 0.1) is 5.75 Å². The first-order valence-corrected chi connectivity index (χ1v) is 10.0. The predicted molar refractivity (Wildman–Crippen MR) is 73.8 cm³/mol. The third kappa shape index (κ3) is 3.24. The molecule has 1 unspecified atom stereocenters. The average Bonchev–Trinajstić information content (AvgIpc) is 2.54. The monoisotopic (exact) mass is 332 g/mol. The van der Waals surface area contributed by atoms with Gasteiger partial charge in [-0.05, 0) is 11.8 Å². The maximum atomic E-state index is 11.8. The second-order valence-electron chi connectivity index (χ2n) is 3.50. The Hall–Kier alpha value is -0.140. The number of halogens is 1. The molecule has 18 heavy (non-hydrogen) atoms. The van der Waals surface area contributed by atoms with Gasteiger partial charge in [0, 0.05) is 20.8 Å². The van der Waals surface area contributed by atoms with Crippen molar-refractivity contribution in [1.29, 1.82) is 0 Å². The molecule has 0 bridgehead atoms. The van der Waals surface area contributed by atoms with E-state index in [-0.39, 0.29) is 21.7 Å². The second-order valence-corrected chi connectivity index (χ2v) is 10.1. The molecule has 0 aliphatic rings. The van der Waals surface area contributed by atoms with E-state index in [9.17, 15) is 8.42 Å². The molecule has 0 saturated heterocycles. The number of nitrogens with zero attached hydrogens (tertiary/aromatic N) is 2. The van der Waals surface area contributed by atoms with Crippen molar-refractivity contribution in [2.24, 2.45) is 7.05 Å². The largest absolute Gasteiger partial charge is 0.423 e. The molecule has 0 radical (unpaired) electrons. The summed E-state index contributed by atoms with van der Waals surface area (Å²) in [4.78, 5) is 0. The van der Waals surface area contributed by atoms with Crippen LogP contribution in [-0.4, -0.2) is 37.7 Å². The highest BCUT2D eigenvalue weighted by Crippen LogP contribution is 2.46. The Morgan fingerprint density at radius 1 is 1.56 bits per heavy atom. The molecular weight excluding hydrogens is 319 g/mol. The fraction of sp³-hybridized carbons (Fsp3) is 0.625. The minimum Gasteiger partial charge on any atom is -0.423 e. The molecule has 1 aromatic rings. The zero-order chi connectivity index (χ0) is 14.1. The fourth-order valence-corrected chi connectivity index (χ4v) is 3.60. The van der Waals surface area contributed by atoms with Gasteiger partial charge >= 0.3 is 0 Å². The van der Waals surface area contributed by atoms with E-state index >= 15 is 0 Å². The molecule has 104 valence electrons. The van der Waals surface area contributed by atoms with E-state index < -0.39 is 16.3 Å². The summed E-state index contributed by atoms with van der Waals surface area (Å²) in [5.74, 6) is -0.0881. The summed E-state index contributed by atoms with van der Waals surface area (Å²) in [6, 6.07) is 0. The van der Waals surface area contributed by atoms with Crippen LogP contribution >= 0.6 is 18.1 Å². The lowest BCUT2D eigenvalue weighted by Gasteiger charge is -2.13. The van der Waals surface area contributed by atoms with Crippen molar-refractivity contribution in [3.05, 3.63) is 5.02 Å². The highest BCUT2D eigenvalue weighted by Gasteiger charge is 2.27. The molecule has 1 atom stereocenters. The summed E-state index contributed by atoms with van der Waals surface area (Å²) < 4.78 is 35.2. The molecule has 1 aromatic heterocycles. The standard InChI is InChI=1S/C8H14ClN2O4PS2/c1-5-18(12,13)8-6(9)7(10-11(8)2)15-16(4,17)14-3/h5H2,1-4H3. The van der Waals surface area contributed by atoms with Gasteiger partial charge in [-0.3, -0.25) is 4.68 Å². The molecule has 0 spiro atoms. The number of aromatic nitrogens is 2. The zero-order valence-electron chi connectivity index (χ0n) is 10.4. The Labute approximate surface area is 116 Å². The van der Waals surface area contributed by atoms with E-state index in [4.69, 9.17) is 32.5 Å². The number of hydrogen-bond acceptors (Lipinski definition) is 6. The zero-order valence-corrected chi connectivity index (χ0v) is 13.7. The van der Waals surface area contributed by atoms with Crippen LogP contribution in [0.4, 0.5) is 0 Å². The van der Waals surface area contributed by atoms with Gasteiger partial charge in [-0.2, -0.15) is 0 Å². The summed E-state index contributed by atoms with van der Waals surface area (Å²) in [6.07, 6.45) is 0. The molecule has 0 amide bonds. The van der Waals surface area contributed by atoms with Gasteiger partial charge in [0.25, 0.3) is 5.88 Å². The van der Waals surface area contributed by atoms with Crippen molar-refractivity contribution in [2.45, 2.75) is 11.9 Å². The van der Waals surface area contributed by atoms with E-state index in [0.717, 1.165) is 0 Å². The van der Waals surface area contributed by atoms with Crippen LogP contribution in [-0.2, 0) is 33.2 Å². The van der Waals surface area contributed by atoms with Crippen molar-refractivity contribution in [3.8, 4) is 5.88 Å². The van der Waals surface area contributed by atoms with E-state index in [0.29, 0.717) is 0 Å². The quantitative estimate of drug-likeness (QED) is 0.766. The Morgan fingerprint density at radius 2 is 2.11 bits per heavy atom. The maximum Gasteiger partial charge on any atom is 0.258 e. The number of sulfone groups is 1. The normalized spacial score (nSPS) is 15.4. The van der Waals surface area contributed by atoms with Crippen LogP contribution in [0.2, 0.25) is 5.02 Å². The molecule has 0 saturated carbocycles. The van der Waals surface area contributed by atoms with Gasteiger partial charge in [-0.1, -0.05) is 18.5 Å². The summed E-state index contributed by atoms with van der Waals surface area (Å²) in [7, 11) is -0.578. The SMILES string of the molecule is CCS(=O)(=O)c1c(Cl)c(OP(C)(=S)OC)nn1C. The molecule has 1 heterocycles. The first-order valence-electron chi connectivity index (χ1n) is 4.92. The highest BCUT2D eigenvalue weighted by molar-refractivity contribution is 8.09. The van der Waals surface area contributed by atoms with Crippen LogP contribution in [0.1, 0.15) is 6.92 Å². The van der Waals surface area contributed by atoms with E-state index in [2.05, 4.69) is 5.10 Å². The van der Waals surface area contributed by atoms with Gasteiger partial charge in [0.15, 0.2) is 14.9 Å². The smallest absolute Gasteiger partial charge is 0.258 e. The Kier molecular flexibility index (Phi) is 4.83. The predicted octanol–water partition coefficient (Wildman–Crippen LogP) is 1.83. The Balaban J connectivity index is 3.30. The van der Waals surface area contributed by atoms with Crippen LogP contribution in [0.25, 0.3) is 0 Å². The van der Waals surface area contributed by atoms with Crippen LogP contribution in [0.15, 0.2) is 5.03 Å². The first kappa shape index (κ1) is 15.9. The van der Waals surface area contributed by atoms with E-state index in [1.165, 1.54) is 25.8 Å². The molecule has 0 aromatic carbocycles. The van der Waals surface area contributed by atoms with Crippen molar-refractivity contribution in [2.75, 3.05) is 19.5 Å². The lowest BCUT2D eigenvalue weighted by molar-refractivity contribution is 0.391. The summed E-state index contributed by atoms with van der Waals surface area (Å²) >= 11 is 11.1. The van der Waals surface area contributed by atoms with Crippen molar-refractivity contribution >= 4 is 39.7 Å². The third-order valence-electron chi connectivity index (χ3n) is 2.17. The first-order chi connectivity index (χ1) is 8.14.